The minimum Gasteiger partial charge on any atom is -0.327 e. The van der Waals surface area contributed by atoms with Gasteiger partial charge in [-0.15, -0.1) is 0 Å². The Bertz CT molecular complexity index is 507. The van der Waals surface area contributed by atoms with E-state index < -0.39 is 11.9 Å². The van der Waals surface area contributed by atoms with Crippen molar-refractivity contribution in [1.82, 2.24) is 0 Å². The maximum atomic E-state index is 6.10. The first-order valence-electron chi connectivity index (χ1n) is 20.9. The third-order valence-electron chi connectivity index (χ3n) is 8.62. The molecular weight excluding hydrogens is 588 g/mol. The molecule has 0 radical (unpaired) electrons. The normalized spacial score (nSPS) is 12.4. The number of ether oxygens (including phenoxy) is 6. The SMILES string of the molecule is CCCOC(CCCCCCCCCCCCCCCCCCCCCC(OCCC)(OCCC)OCCC)(OCCC)OCCC. The van der Waals surface area contributed by atoms with Crippen molar-refractivity contribution in [2.45, 2.75) is 227 Å². The van der Waals surface area contributed by atoms with Gasteiger partial charge in [0, 0.05) is 12.8 Å². The summed E-state index contributed by atoms with van der Waals surface area (Å²) in [6.07, 6.45) is 33.0. The Balaban J connectivity index is 3.73. The van der Waals surface area contributed by atoms with E-state index in [-0.39, 0.29) is 0 Å². The summed E-state index contributed by atoms with van der Waals surface area (Å²) in [5.41, 5.74) is 0. The molecule has 284 valence electrons. The van der Waals surface area contributed by atoms with Crippen LogP contribution >= 0.6 is 0 Å². The highest BCUT2D eigenvalue weighted by Gasteiger charge is 2.33. The van der Waals surface area contributed by atoms with Crippen molar-refractivity contribution in [3.8, 4) is 0 Å². The van der Waals surface area contributed by atoms with E-state index in [2.05, 4.69) is 41.5 Å². The molecule has 0 aromatic heterocycles. The predicted molar refractivity (Wildman–Crippen MR) is 200 cm³/mol. The number of hydrogen-bond donors (Lipinski definition) is 0. The first-order valence-corrected chi connectivity index (χ1v) is 20.9. The van der Waals surface area contributed by atoms with Gasteiger partial charge in [-0.3, -0.25) is 0 Å². The van der Waals surface area contributed by atoms with Crippen LogP contribution in [0.15, 0.2) is 0 Å². The lowest BCUT2D eigenvalue weighted by molar-refractivity contribution is -0.384. The average molecular weight is 673 g/mol. The van der Waals surface area contributed by atoms with Gasteiger partial charge < -0.3 is 28.4 Å². The zero-order valence-electron chi connectivity index (χ0n) is 32.8. The molecule has 0 saturated heterocycles. The van der Waals surface area contributed by atoms with E-state index in [4.69, 9.17) is 28.4 Å². The van der Waals surface area contributed by atoms with Crippen LogP contribution in [-0.4, -0.2) is 51.6 Å². The number of rotatable bonds is 40. The first kappa shape index (κ1) is 46.8. The second-order valence-electron chi connectivity index (χ2n) is 13.7. The topological polar surface area (TPSA) is 55.4 Å². The van der Waals surface area contributed by atoms with Crippen LogP contribution in [0, 0.1) is 0 Å². The molecule has 0 aliphatic rings. The lowest BCUT2D eigenvalue weighted by Crippen LogP contribution is -2.40. The van der Waals surface area contributed by atoms with Crippen molar-refractivity contribution in [2.24, 2.45) is 0 Å². The summed E-state index contributed by atoms with van der Waals surface area (Å²) in [6, 6.07) is 0. The van der Waals surface area contributed by atoms with Crippen LogP contribution in [0.25, 0.3) is 0 Å². The van der Waals surface area contributed by atoms with Crippen molar-refractivity contribution < 1.29 is 28.4 Å². The molecule has 0 fully saturated rings. The van der Waals surface area contributed by atoms with Gasteiger partial charge in [-0.05, 0) is 51.4 Å². The van der Waals surface area contributed by atoms with Gasteiger partial charge in [0.05, 0.1) is 39.6 Å². The zero-order chi connectivity index (χ0) is 34.6. The van der Waals surface area contributed by atoms with Crippen molar-refractivity contribution in [3.05, 3.63) is 0 Å². The summed E-state index contributed by atoms with van der Waals surface area (Å²) in [7, 11) is 0. The van der Waals surface area contributed by atoms with Crippen LogP contribution in [0.2, 0.25) is 0 Å². The summed E-state index contributed by atoms with van der Waals surface area (Å²) in [6.45, 7) is 17.0. The standard InChI is InChI=1S/C41H84O6/c1-7-34-42-40(43-35-8-2,44-36-9-3)32-30-28-26-24-22-20-18-16-14-13-15-17-19-21-23-25-27-29-31-33-41(45-37-10-4,46-38-11-5)47-39-12-6/h7-39H2,1-6H3. The van der Waals surface area contributed by atoms with Crippen molar-refractivity contribution in [1.29, 1.82) is 0 Å². The maximum Gasteiger partial charge on any atom is 0.282 e. The molecule has 0 saturated carbocycles. The molecule has 0 atom stereocenters. The quantitative estimate of drug-likeness (QED) is 0.0477. The molecule has 6 heteroatoms. The van der Waals surface area contributed by atoms with Gasteiger partial charge in [0.1, 0.15) is 0 Å². The monoisotopic (exact) mass is 673 g/mol. The number of hydrogen-bond acceptors (Lipinski definition) is 6. The molecule has 0 rings (SSSR count). The average Bonchev–Trinajstić information content (AvgIpc) is 3.09. The van der Waals surface area contributed by atoms with E-state index in [1.807, 2.05) is 0 Å². The Hall–Kier alpha value is -0.240. The lowest BCUT2D eigenvalue weighted by atomic mass is 10.0. The second-order valence-corrected chi connectivity index (χ2v) is 13.7. The van der Waals surface area contributed by atoms with Crippen LogP contribution < -0.4 is 0 Å². The van der Waals surface area contributed by atoms with Gasteiger partial charge in [0.2, 0.25) is 0 Å². The molecule has 0 N–H and O–H groups in total. The van der Waals surface area contributed by atoms with Crippen LogP contribution in [0.5, 0.6) is 0 Å². The molecule has 0 bridgehead atoms. The van der Waals surface area contributed by atoms with E-state index in [1.165, 1.54) is 109 Å². The number of unbranched alkanes of at least 4 members (excludes halogenated alkanes) is 18. The molecule has 0 spiro atoms. The Morgan fingerprint density at radius 1 is 0.234 bits per heavy atom. The molecule has 0 unspecified atom stereocenters. The van der Waals surface area contributed by atoms with Gasteiger partial charge in [-0.2, -0.15) is 0 Å². The third-order valence-corrected chi connectivity index (χ3v) is 8.62. The van der Waals surface area contributed by atoms with Gasteiger partial charge in [-0.25, -0.2) is 0 Å². The Morgan fingerprint density at radius 2 is 0.383 bits per heavy atom. The van der Waals surface area contributed by atoms with Crippen LogP contribution in [0.4, 0.5) is 0 Å². The largest absolute Gasteiger partial charge is 0.327 e. The third kappa shape index (κ3) is 28.2. The summed E-state index contributed by atoms with van der Waals surface area (Å²) >= 11 is 0. The highest BCUT2D eigenvalue weighted by Crippen LogP contribution is 2.27. The summed E-state index contributed by atoms with van der Waals surface area (Å²) in [5.74, 6) is -1.65. The van der Waals surface area contributed by atoms with Gasteiger partial charge in [0.15, 0.2) is 0 Å². The Morgan fingerprint density at radius 3 is 0.532 bits per heavy atom. The van der Waals surface area contributed by atoms with E-state index in [1.54, 1.807) is 0 Å². The van der Waals surface area contributed by atoms with Crippen molar-refractivity contribution >= 4 is 0 Å². The summed E-state index contributed by atoms with van der Waals surface area (Å²) < 4.78 is 36.6. The Kier molecular flexibility index (Phi) is 35.4. The Labute approximate surface area is 294 Å². The van der Waals surface area contributed by atoms with E-state index >= 15 is 0 Å². The summed E-state index contributed by atoms with van der Waals surface area (Å²) in [4.78, 5) is 0. The fourth-order valence-corrected chi connectivity index (χ4v) is 5.92. The fourth-order valence-electron chi connectivity index (χ4n) is 5.92. The molecule has 0 amide bonds. The van der Waals surface area contributed by atoms with E-state index in [0.29, 0.717) is 39.6 Å². The highest BCUT2D eigenvalue weighted by molar-refractivity contribution is 4.62. The first-order chi connectivity index (χ1) is 23.1. The molecule has 0 aromatic rings. The lowest BCUT2D eigenvalue weighted by Gasteiger charge is -2.33. The van der Waals surface area contributed by atoms with Crippen LogP contribution in [0.1, 0.15) is 215 Å². The molecule has 0 heterocycles. The van der Waals surface area contributed by atoms with Crippen molar-refractivity contribution in [2.75, 3.05) is 39.6 Å². The highest BCUT2D eigenvalue weighted by atomic mass is 16.9. The minimum atomic E-state index is -0.825. The smallest absolute Gasteiger partial charge is 0.282 e. The van der Waals surface area contributed by atoms with Crippen molar-refractivity contribution in [3.63, 3.8) is 0 Å². The van der Waals surface area contributed by atoms with E-state index in [0.717, 1.165) is 64.2 Å². The van der Waals surface area contributed by atoms with E-state index in [9.17, 15) is 0 Å². The molecular formula is C41H84O6. The second kappa shape index (κ2) is 35.6. The van der Waals surface area contributed by atoms with Gasteiger partial charge >= 0.3 is 0 Å². The zero-order valence-corrected chi connectivity index (χ0v) is 32.8. The van der Waals surface area contributed by atoms with Crippen LogP contribution in [-0.2, 0) is 28.4 Å². The van der Waals surface area contributed by atoms with Gasteiger partial charge in [0.25, 0.3) is 11.9 Å². The molecule has 0 aliphatic heterocycles. The summed E-state index contributed by atoms with van der Waals surface area (Å²) in [5, 5.41) is 0. The predicted octanol–water partition coefficient (Wildman–Crippen LogP) is 13.0. The molecule has 0 aromatic carbocycles. The van der Waals surface area contributed by atoms with Gasteiger partial charge in [-0.1, -0.05) is 151 Å². The minimum absolute atomic E-state index is 0.692. The fraction of sp³-hybridized carbons (Fsp3) is 1.00. The molecule has 0 aliphatic carbocycles. The molecule has 6 nitrogen and oxygen atoms in total. The maximum absolute atomic E-state index is 6.10. The van der Waals surface area contributed by atoms with Crippen LogP contribution in [0.3, 0.4) is 0 Å². The molecule has 47 heavy (non-hydrogen) atoms.